The van der Waals surface area contributed by atoms with Gasteiger partial charge in [-0.1, -0.05) is 131 Å². The fraction of sp³-hybridized carbons (Fsp3) is 0.0625. The van der Waals surface area contributed by atoms with Crippen LogP contribution in [-0.2, 0) is 20.0 Å². The minimum absolute atomic E-state index is 0.0907. The largest absolute Gasteiger partial charge is 0.336 e. The van der Waals surface area contributed by atoms with Crippen LogP contribution in [0.3, 0.4) is 0 Å². The van der Waals surface area contributed by atoms with Crippen LogP contribution in [0, 0.1) is 13.8 Å². The lowest BCUT2D eigenvalue weighted by Gasteiger charge is -2.11. The number of benzene rings is 4. The molecule has 0 bridgehead atoms. The molecule has 4 aromatic carbocycles. The molecule has 0 fully saturated rings. The predicted molar refractivity (Wildman–Crippen MR) is 178 cm³/mol. The Balaban J connectivity index is 0.000000181. The Bertz CT molecular complexity index is 2030. The molecule has 236 valence electrons. The number of aryl methyl sites for hydroxylation is 2. The van der Waals surface area contributed by atoms with Gasteiger partial charge in [0.2, 0.25) is 0 Å². The van der Waals surface area contributed by atoms with Crippen molar-refractivity contribution in [2.24, 2.45) is 0 Å². The van der Waals surface area contributed by atoms with E-state index in [0.29, 0.717) is 22.5 Å². The summed E-state index contributed by atoms with van der Waals surface area (Å²) in [5, 5.41) is 7.57. The molecule has 0 radical (unpaired) electrons. The molecule has 14 heteroatoms. The molecule has 0 aliphatic carbocycles. The third-order valence-electron chi connectivity index (χ3n) is 6.56. The second-order valence-electron chi connectivity index (χ2n) is 9.76. The van der Waals surface area contributed by atoms with Crippen molar-refractivity contribution in [2.45, 2.75) is 23.6 Å². The van der Waals surface area contributed by atoms with Gasteiger partial charge in [0.1, 0.15) is 21.4 Å². The third kappa shape index (κ3) is 7.26. The van der Waals surface area contributed by atoms with Crippen molar-refractivity contribution in [3.63, 3.8) is 0 Å². The molecule has 0 amide bonds. The van der Waals surface area contributed by atoms with Gasteiger partial charge >= 0.3 is 0 Å². The van der Waals surface area contributed by atoms with Gasteiger partial charge in [-0.25, -0.2) is 26.3 Å². The van der Waals surface area contributed by atoms with Gasteiger partial charge in [0.05, 0.1) is 9.79 Å². The summed E-state index contributed by atoms with van der Waals surface area (Å²) in [5.41, 5.74) is 3.61. The van der Waals surface area contributed by atoms with Gasteiger partial charge in [-0.3, -0.25) is 0 Å². The van der Waals surface area contributed by atoms with Gasteiger partial charge in [-0.15, -0.1) is 0 Å². The number of sulfonamides is 2. The highest BCUT2D eigenvalue weighted by atomic mass is 35.5. The number of hydrogen-bond acceptors (Lipinski definition) is 8. The molecule has 0 aliphatic rings. The van der Waals surface area contributed by atoms with Gasteiger partial charge in [0.25, 0.3) is 31.8 Å². The second-order valence-corrected chi connectivity index (χ2v) is 13.8. The molecule has 2 aromatic heterocycles. The van der Waals surface area contributed by atoms with Crippen LogP contribution in [-0.4, -0.2) is 27.1 Å². The molecule has 0 aliphatic heterocycles. The van der Waals surface area contributed by atoms with Gasteiger partial charge in [-0.05, 0) is 37.1 Å². The molecule has 6 aromatic rings. The average Bonchev–Trinajstić information content (AvgIpc) is 3.55. The number of aromatic nitrogens is 2. The van der Waals surface area contributed by atoms with Crippen molar-refractivity contribution in [3.8, 4) is 22.3 Å². The summed E-state index contributed by atoms with van der Waals surface area (Å²) in [5.74, 6) is -0.181. The molecule has 0 atom stereocenters. The lowest BCUT2D eigenvalue weighted by molar-refractivity contribution is 0.430. The van der Waals surface area contributed by atoms with Crippen molar-refractivity contribution < 1.29 is 25.9 Å². The normalized spacial score (nSPS) is 11.4. The maximum Gasteiger partial charge on any atom is 0.264 e. The number of rotatable bonds is 8. The highest BCUT2D eigenvalue weighted by Gasteiger charge is 2.24. The highest BCUT2D eigenvalue weighted by Crippen LogP contribution is 2.33. The van der Waals surface area contributed by atoms with Crippen LogP contribution in [0.15, 0.2) is 128 Å². The summed E-state index contributed by atoms with van der Waals surface area (Å²) >= 11 is 12.0. The Morgan fingerprint density at radius 3 is 1.17 bits per heavy atom. The maximum atomic E-state index is 12.7. The first-order valence-electron chi connectivity index (χ1n) is 13.6. The SMILES string of the molecule is Cc1noc(NS(=O)(=O)c2ccccc2-c2ccccc2)c1Cl.Cc1noc(NS(=O)(=O)c2ccccc2-c2ccccc2)c1Cl. The van der Waals surface area contributed by atoms with E-state index < -0.39 is 20.0 Å². The third-order valence-corrected chi connectivity index (χ3v) is 10.2. The summed E-state index contributed by atoms with van der Waals surface area (Å²) < 4.78 is 65.3. The zero-order valence-corrected chi connectivity index (χ0v) is 27.5. The van der Waals surface area contributed by atoms with E-state index >= 15 is 0 Å². The van der Waals surface area contributed by atoms with Gasteiger partial charge in [0, 0.05) is 11.1 Å². The van der Waals surface area contributed by atoms with Crippen molar-refractivity contribution in [3.05, 3.63) is 131 Å². The smallest absolute Gasteiger partial charge is 0.264 e. The van der Waals surface area contributed by atoms with E-state index in [0.717, 1.165) is 11.1 Å². The zero-order valence-electron chi connectivity index (χ0n) is 24.3. The van der Waals surface area contributed by atoms with E-state index in [1.807, 2.05) is 60.7 Å². The number of hydrogen-bond donors (Lipinski definition) is 2. The van der Waals surface area contributed by atoms with E-state index in [1.165, 1.54) is 12.1 Å². The van der Waals surface area contributed by atoms with Gasteiger partial charge in [-0.2, -0.15) is 0 Å². The summed E-state index contributed by atoms with van der Waals surface area (Å²) in [7, 11) is -7.74. The summed E-state index contributed by atoms with van der Waals surface area (Å²) in [4.78, 5) is 0.271. The predicted octanol–water partition coefficient (Wildman–Crippen LogP) is 8.21. The molecular weight excluding hydrogens is 671 g/mol. The topological polar surface area (TPSA) is 144 Å². The zero-order chi connectivity index (χ0) is 32.9. The first kappa shape index (κ1) is 32.8. The van der Waals surface area contributed by atoms with Crippen molar-refractivity contribution in [2.75, 3.05) is 9.44 Å². The Morgan fingerprint density at radius 2 is 0.848 bits per heavy atom. The standard InChI is InChI=1S/2C16H13ClN2O3S/c2*1-11-15(17)16(22-18-11)19-23(20,21)14-10-6-5-9-13(14)12-7-3-2-4-8-12/h2*2-10,19H,1H3. The molecular formula is C32H26Cl2N4O6S2. The molecule has 0 unspecified atom stereocenters. The molecule has 46 heavy (non-hydrogen) atoms. The Kier molecular flexibility index (Phi) is 9.82. The van der Waals surface area contributed by atoms with Crippen LogP contribution in [0.2, 0.25) is 10.0 Å². The van der Waals surface area contributed by atoms with Crippen LogP contribution in [0.25, 0.3) is 22.3 Å². The van der Waals surface area contributed by atoms with Crippen LogP contribution >= 0.6 is 23.2 Å². The molecule has 0 spiro atoms. The van der Waals surface area contributed by atoms with Crippen LogP contribution in [0.1, 0.15) is 11.4 Å². The molecule has 0 saturated carbocycles. The number of anilines is 2. The summed E-state index contributed by atoms with van der Waals surface area (Å²) in [6, 6.07) is 32.0. The van der Waals surface area contributed by atoms with E-state index in [9.17, 15) is 16.8 Å². The minimum atomic E-state index is -3.87. The quantitative estimate of drug-likeness (QED) is 0.162. The van der Waals surface area contributed by atoms with E-state index in [2.05, 4.69) is 19.8 Å². The molecule has 2 heterocycles. The van der Waals surface area contributed by atoms with Gasteiger partial charge in [0.15, 0.2) is 0 Å². The fourth-order valence-electron chi connectivity index (χ4n) is 4.31. The van der Waals surface area contributed by atoms with Crippen molar-refractivity contribution in [1.29, 1.82) is 0 Å². The Labute approximate surface area is 276 Å². The van der Waals surface area contributed by atoms with Crippen molar-refractivity contribution >= 4 is 55.0 Å². The molecule has 6 rings (SSSR count). The monoisotopic (exact) mass is 696 g/mol. The molecule has 0 saturated heterocycles. The highest BCUT2D eigenvalue weighted by molar-refractivity contribution is 7.93. The number of nitrogens with one attached hydrogen (secondary N) is 2. The lowest BCUT2D eigenvalue weighted by atomic mass is 10.1. The number of nitrogens with zero attached hydrogens (tertiary/aromatic N) is 2. The average molecular weight is 698 g/mol. The Hall–Kier alpha value is -4.62. The van der Waals surface area contributed by atoms with Gasteiger partial charge < -0.3 is 9.05 Å². The molecule has 10 nitrogen and oxygen atoms in total. The van der Waals surface area contributed by atoms with Crippen molar-refractivity contribution in [1.82, 2.24) is 10.3 Å². The van der Waals surface area contributed by atoms with Crippen LogP contribution < -0.4 is 9.44 Å². The fourth-order valence-corrected chi connectivity index (χ4v) is 7.11. The number of halogens is 2. The van der Waals surface area contributed by atoms with E-state index in [1.54, 1.807) is 50.2 Å². The maximum absolute atomic E-state index is 12.7. The van der Waals surface area contributed by atoms with E-state index in [-0.39, 0.29) is 31.6 Å². The van der Waals surface area contributed by atoms with Crippen LogP contribution in [0.5, 0.6) is 0 Å². The minimum Gasteiger partial charge on any atom is -0.336 e. The Morgan fingerprint density at radius 1 is 0.522 bits per heavy atom. The first-order valence-corrected chi connectivity index (χ1v) is 17.3. The second kappa shape index (κ2) is 13.8. The summed E-state index contributed by atoms with van der Waals surface area (Å²) in [6.07, 6.45) is 0. The molecule has 2 N–H and O–H groups in total. The van der Waals surface area contributed by atoms with Crippen LogP contribution in [0.4, 0.5) is 11.8 Å². The van der Waals surface area contributed by atoms with E-state index in [4.69, 9.17) is 32.2 Å². The lowest BCUT2D eigenvalue weighted by Crippen LogP contribution is -2.14. The summed E-state index contributed by atoms with van der Waals surface area (Å²) in [6.45, 7) is 3.25. The first-order chi connectivity index (χ1) is 22.0.